The van der Waals surface area contributed by atoms with Crippen LogP contribution in [0, 0.1) is 5.92 Å². The number of carbonyl (C=O) groups excluding carboxylic acids is 1. The number of amides is 1. The van der Waals surface area contributed by atoms with Gasteiger partial charge in [0.1, 0.15) is 0 Å². The third kappa shape index (κ3) is 3.85. The molecule has 3 heteroatoms. The molecule has 1 heterocycles. The van der Waals surface area contributed by atoms with Crippen molar-refractivity contribution in [2.24, 2.45) is 5.92 Å². The summed E-state index contributed by atoms with van der Waals surface area (Å²) in [5.74, 6) is 1.08. The zero-order chi connectivity index (χ0) is 14.5. The topological polar surface area (TPSA) is 41.1 Å². The van der Waals surface area contributed by atoms with Crippen molar-refractivity contribution in [3.8, 4) is 0 Å². The molecule has 114 valence electrons. The van der Waals surface area contributed by atoms with Gasteiger partial charge in [0, 0.05) is 11.6 Å². The second-order valence-electron chi connectivity index (χ2n) is 6.47. The van der Waals surface area contributed by atoms with Crippen molar-refractivity contribution in [3.05, 3.63) is 29.8 Å². The molecule has 1 saturated carbocycles. The maximum absolute atomic E-state index is 12.3. The van der Waals surface area contributed by atoms with Crippen LogP contribution in [0.2, 0.25) is 0 Å². The molecule has 21 heavy (non-hydrogen) atoms. The van der Waals surface area contributed by atoms with Crippen LogP contribution in [0.25, 0.3) is 0 Å². The second-order valence-corrected chi connectivity index (χ2v) is 6.47. The first-order valence-corrected chi connectivity index (χ1v) is 8.44. The monoisotopic (exact) mass is 286 g/mol. The molecule has 3 nitrogen and oxygen atoms in total. The molecule has 1 aliphatic heterocycles. The molecule has 1 aliphatic carbocycles. The summed E-state index contributed by atoms with van der Waals surface area (Å²) >= 11 is 0. The lowest BCUT2D eigenvalue weighted by molar-refractivity contribution is -0.120. The maximum Gasteiger partial charge on any atom is 0.227 e. The van der Waals surface area contributed by atoms with Gasteiger partial charge in [-0.2, -0.15) is 0 Å². The number of carbonyl (C=O) groups is 1. The SMILES string of the molecule is O=C(Nc1cccc(C2CCNCC2)c1)C1CCCCC1. The Morgan fingerprint density at radius 2 is 1.81 bits per heavy atom. The van der Waals surface area contributed by atoms with Gasteiger partial charge in [-0.25, -0.2) is 0 Å². The highest BCUT2D eigenvalue weighted by molar-refractivity contribution is 5.92. The van der Waals surface area contributed by atoms with Gasteiger partial charge in [-0.1, -0.05) is 31.4 Å². The number of rotatable bonds is 3. The van der Waals surface area contributed by atoms with Crippen LogP contribution in [0.15, 0.2) is 24.3 Å². The Bertz CT molecular complexity index is 474. The Labute approximate surface area is 127 Å². The van der Waals surface area contributed by atoms with Crippen LogP contribution in [0.4, 0.5) is 5.69 Å². The fraction of sp³-hybridized carbons (Fsp3) is 0.611. The highest BCUT2D eigenvalue weighted by atomic mass is 16.1. The second kappa shape index (κ2) is 7.08. The van der Waals surface area contributed by atoms with Gasteiger partial charge in [0.25, 0.3) is 0 Å². The molecule has 0 radical (unpaired) electrons. The number of hydrogen-bond acceptors (Lipinski definition) is 2. The smallest absolute Gasteiger partial charge is 0.227 e. The summed E-state index contributed by atoms with van der Waals surface area (Å²) in [6.07, 6.45) is 8.19. The van der Waals surface area contributed by atoms with Gasteiger partial charge >= 0.3 is 0 Å². The summed E-state index contributed by atoms with van der Waals surface area (Å²) in [6, 6.07) is 8.47. The highest BCUT2D eigenvalue weighted by Gasteiger charge is 2.21. The number of anilines is 1. The van der Waals surface area contributed by atoms with Gasteiger partial charge in [-0.15, -0.1) is 0 Å². The van der Waals surface area contributed by atoms with Gasteiger partial charge in [-0.3, -0.25) is 4.79 Å². The van der Waals surface area contributed by atoms with Crippen molar-refractivity contribution in [3.63, 3.8) is 0 Å². The van der Waals surface area contributed by atoms with E-state index in [4.69, 9.17) is 0 Å². The van der Waals surface area contributed by atoms with E-state index in [9.17, 15) is 4.79 Å². The van der Waals surface area contributed by atoms with E-state index in [1.807, 2.05) is 6.07 Å². The summed E-state index contributed by atoms with van der Waals surface area (Å²) < 4.78 is 0. The summed E-state index contributed by atoms with van der Waals surface area (Å²) in [7, 11) is 0. The van der Waals surface area contributed by atoms with E-state index in [-0.39, 0.29) is 11.8 Å². The fourth-order valence-corrected chi connectivity index (χ4v) is 3.63. The lowest BCUT2D eigenvalue weighted by Crippen LogP contribution is -2.27. The molecular weight excluding hydrogens is 260 g/mol. The Hall–Kier alpha value is -1.35. The van der Waals surface area contributed by atoms with Crippen LogP contribution in [0.3, 0.4) is 0 Å². The zero-order valence-corrected chi connectivity index (χ0v) is 12.7. The van der Waals surface area contributed by atoms with Crippen molar-refractivity contribution in [1.82, 2.24) is 5.32 Å². The van der Waals surface area contributed by atoms with Crippen molar-refractivity contribution in [2.45, 2.75) is 50.9 Å². The number of nitrogens with one attached hydrogen (secondary N) is 2. The lowest BCUT2D eigenvalue weighted by Gasteiger charge is -2.24. The number of hydrogen-bond donors (Lipinski definition) is 2. The van der Waals surface area contributed by atoms with Crippen LogP contribution < -0.4 is 10.6 Å². The fourth-order valence-electron chi connectivity index (χ4n) is 3.63. The number of piperidine rings is 1. The first-order valence-electron chi connectivity index (χ1n) is 8.44. The van der Waals surface area contributed by atoms with Crippen LogP contribution in [-0.2, 0) is 4.79 Å². The molecule has 2 aliphatic rings. The summed E-state index contributed by atoms with van der Waals surface area (Å²) in [5.41, 5.74) is 2.35. The van der Waals surface area contributed by atoms with Crippen molar-refractivity contribution < 1.29 is 4.79 Å². The standard InChI is InChI=1S/C18H26N2O/c21-18(15-5-2-1-3-6-15)20-17-8-4-7-16(13-17)14-9-11-19-12-10-14/h4,7-8,13-15,19H,1-3,5-6,9-12H2,(H,20,21). The van der Waals surface area contributed by atoms with Crippen molar-refractivity contribution >= 4 is 11.6 Å². The minimum atomic E-state index is 0.220. The van der Waals surface area contributed by atoms with Crippen LogP contribution in [-0.4, -0.2) is 19.0 Å². The van der Waals surface area contributed by atoms with E-state index >= 15 is 0 Å². The van der Waals surface area contributed by atoms with Crippen LogP contribution in [0.5, 0.6) is 0 Å². The summed E-state index contributed by atoms with van der Waals surface area (Å²) in [4.78, 5) is 12.3. The molecular formula is C18H26N2O. The maximum atomic E-state index is 12.3. The van der Waals surface area contributed by atoms with E-state index in [0.29, 0.717) is 5.92 Å². The van der Waals surface area contributed by atoms with E-state index in [2.05, 4.69) is 28.8 Å². The predicted molar refractivity (Wildman–Crippen MR) is 86.5 cm³/mol. The van der Waals surface area contributed by atoms with E-state index in [1.165, 1.54) is 37.7 Å². The molecule has 0 bridgehead atoms. The molecule has 1 amide bonds. The first kappa shape index (κ1) is 14.6. The third-order valence-electron chi connectivity index (χ3n) is 4.94. The average molecular weight is 286 g/mol. The molecule has 0 spiro atoms. The highest BCUT2D eigenvalue weighted by Crippen LogP contribution is 2.28. The van der Waals surface area contributed by atoms with Gasteiger partial charge in [-0.05, 0) is 62.4 Å². The van der Waals surface area contributed by atoms with E-state index < -0.39 is 0 Å². The Morgan fingerprint density at radius 3 is 2.57 bits per heavy atom. The van der Waals surface area contributed by atoms with Gasteiger partial charge in [0.2, 0.25) is 5.91 Å². The Kier molecular flexibility index (Phi) is 4.91. The predicted octanol–water partition coefficient (Wildman–Crippen LogP) is 3.67. The van der Waals surface area contributed by atoms with E-state index in [1.54, 1.807) is 0 Å². The zero-order valence-electron chi connectivity index (χ0n) is 12.7. The molecule has 2 fully saturated rings. The summed E-state index contributed by atoms with van der Waals surface area (Å²) in [6.45, 7) is 2.20. The molecule has 3 rings (SSSR count). The van der Waals surface area contributed by atoms with Gasteiger partial charge < -0.3 is 10.6 Å². The molecule has 2 N–H and O–H groups in total. The quantitative estimate of drug-likeness (QED) is 0.890. The first-order chi connectivity index (χ1) is 10.3. The average Bonchev–Trinajstić information content (AvgIpc) is 2.57. The molecule has 0 aromatic heterocycles. The molecule has 1 aromatic carbocycles. The van der Waals surface area contributed by atoms with Crippen molar-refractivity contribution in [1.29, 1.82) is 0 Å². The van der Waals surface area contributed by atoms with E-state index in [0.717, 1.165) is 31.6 Å². The number of benzene rings is 1. The largest absolute Gasteiger partial charge is 0.326 e. The molecule has 0 atom stereocenters. The lowest BCUT2D eigenvalue weighted by atomic mass is 9.88. The Balaban J connectivity index is 1.63. The molecule has 1 aromatic rings. The molecule has 0 unspecified atom stereocenters. The van der Waals surface area contributed by atoms with Crippen LogP contribution >= 0.6 is 0 Å². The minimum Gasteiger partial charge on any atom is -0.326 e. The summed E-state index contributed by atoms with van der Waals surface area (Å²) in [5, 5.41) is 6.54. The normalized spacial score (nSPS) is 21.1. The van der Waals surface area contributed by atoms with Crippen LogP contribution in [0.1, 0.15) is 56.4 Å². The Morgan fingerprint density at radius 1 is 1.05 bits per heavy atom. The minimum absolute atomic E-state index is 0.220. The van der Waals surface area contributed by atoms with Gasteiger partial charge in [0.05, 0.1) is 0 Å². The third-order valence-corrected chi connectivity index (χ3v) is 4.94. The van der Waals surface area contributed by atoms with Gasteiger partial charge in [0.15, 0.2) is 0 Å². The molecule has 1 saturated heterocycles. The van der Waals surface area contributed by atoms with Crippen molar-refractivity contribution in [2.75, 3.05) is 18.4 Å².